The molecular formula is C25H34NO3P. The first-order valence-corrected chi connectivity index (χ1v) is 13.6. The molecule has 0 bridgehead atoms. The number of carbonyl (C=O) groups excluding carboxylic acids is 2. The fraction of sp³-hybridized carbons (Fsp3) is 0.440. The summed E-state index contributed by atoms with van der Waals surface area (Å²) in [5, 5.41) is 2.87. The number of hydrogen-bond acceptors (Lipinski definition) is 3. The van der Waals surface area contributed by atoms with E-state index >= 15 is 0 Å². The molecule has 0 saturated heterocycles. The molecule has 3 rings (SSSR count). The van der Waals surface area contributed by atoms with Crippen LogP contribution in [0.5, 0.6) is 0 Å². The van der Waals surface area contributed by atoms with Crippen molar-refractivity contribution >= 4 is 24.8 Å². The third-order valence-corrected chi connectivity index (χ3v) is 13.4. The molecular weight excluding hydrogens is 393 g/mol. The van der Waals surface area contributed by atoms with Gasteiger partial charge in [0.05, 0.1) is 0 Å². The molecule has 0 aromatic heterocycles. The van der Waals surface area contributed by atoms with Gasteiger partial charge in [0.25, 0.3) is 0 Å². The van der Waals surface area contributed by atoms with Crippen LogP contribution in [0.3, 0.4) is 0 Å². The second-order valence-corrected chi connectivity index (χ2v) is 13.9. The second kappa shape index (κ2) is 9.31. The average Bonchev–Trinajstić information content (AvgIpc) is 3.56. The third-order valence-electron chi connectivity index (χ3n) is 7.00. The van der Waals surface area contributed by atoms with Crippen LogP contribution in [0, 0.1) is 13.8 Å². The van der Waals surface area contributed by atoms with Crippen LogP contribution >= 0.6 is 7.26 Å². The van der Waals surface area contributed by atoms with Gasteiger partial charge in [-0.1, -0.05) is 0 Å². The molecule has 162 valence electrons. The molecule has 2 aromatic carbocycles. The van der Waals surface area contributed by atoms with Crippen molar-refractivity contribution in [3.8, 4) is 0 Å². The molecule has 1 fully saturated rings. The molecule has 0 unspecified atom stereocenters. The number of anilines is 1. The van der Waals surface area contributed by atoms with E-state index in [9.17, 15) is 9.59 Å². The van der Waals surface area contributed by atoms with E-state index in [0.29, 0.717) is 12.8 Å². The molecule has 30 heavy (non-hydrogen) atoms. The van der Waals surface area contributed by atoms with E-state index in [1.165, 1.54) is 0 Å². The maximum atomic E-state index is 13.5. The number of rotatable bonds is 9. The van der Waals surface area contributed by atoms with Crippen molar-refractivity contribution < 1.29 is 14.3 Å². The van der Waals surface area contributed by atoms with Crippen molar-refractivity contribution in [1.29, 1.82) is 0 Å². The number of carbonyl (C=O) groups is 2. The molecule has 5 heteroatoms. The summed E-state index contributed by atoms with van der Waals surface area (Å²) in [5.74, 6) is -0.0634. The normalized spacial score (nSPS) is 15.3. The van der Waals surface area contributed by atoms with Gasteiger partial charge in [0.15, 0.2) is 0 Å². The Morgan fingerprint density at radius 2 is 1.57 bits per heavy atom. The Kier molecular flexibility index (Phi) is 6.98. The molecule has 0 radical (unpaired) electrons. The number of hydrogen-bond donors (Lipinski definition) is 1. The van der Waals surface area contributed by atoms with Gasteiger partial charge in [0, 0.05) is 0 Å². The fourth-order valence-electron chi connectivity index (χ4n) is 4.78. The van der Waals surface area contributed by atoms with Gasteiger partial charge in [-0.2, -0.15) is 0 Å². The molecule has 0 spiro atoms. The molecule has 1 aliphatic rings. The molecule has 1 aliphatic carbocycles. The van der Waals surface area contributed by atoms with Crippen LogP contribution in [-0.4, -0.2) is 35.5 Å². The summed E-state index contributed by atoms with van der Waals surface area (Å²) in [6, 6.07) is 15.8. The van der Waals surface area contributed by atoms with E-state index in [1.54, 1.807) is 0 Å². The van der Waals surface area contributed by atoms with E-state index in [1.807, 2.05) is 62.4 Å². The van der Waals surface area contributed by atoms with E-state index in [2.05, 4.69) is 19.2 Å². The Hall–Kier alpha value is -2.19. The predicted molar refractivity (Wildman–Crippen MR) is 127 cm³/mol. The monoisotopic (exact) mass is 427 g/mol. The van der Waals surface area contributed by atoms with Crippen LogP contribution in [-0.2, 0) is 20.9 Å². The average molecular weight is 428 g/mol. The zero-order chi connectivity index (χ0) is 21.8. The molecule has 1 amide bonds. The summed E-state index contributed by atoms with van der Waals surface area (Å²) < 4.78 is 5.61. The van der Waals surface area contributed by atoms with Crippen LogP contribution < -0.4 is 5.32 Å². The Morgan fingerprint density at radius 1 is 0.967 bits per heavy atom. The number of amides is 1. The summed E-state index contributed by atoms with van der Waals surface area (Å²) in [4.78, 5) is 26.3. The van der Waals surface area contributed by atoms with Crippen molar-refractivity contribution in [3.63, 3.8) is 0 Å². The standard InChI is InChI=1S/C25H34NO3P/c1-5-30(6-2,18-22(27)29-17-21-13-8-7-9-14-21)25(15-16-25)24(28)26-23-19(3)11-10-12-20(23)4/h7-14,30H,5-6,15-18H2,1-4H3,(H,26,28). The van der Waals surface area contributed by atoms with Gasteiger partial charge in [-0.3, -0.25) is 0 Å². The Morgan fingerprint density at radius 3 is 2.10 bits per heavy atom. The quantitative estimate of drug-likeness (QED) is 0.436. The van der Waals surface area contributed by atoms with Crippen molar-refractivity contribution in [2.45, 2.75) is 52.3 Å². The summed E-state index contributed by atoms with van der Waals surface area (Å²) in [7, 11) is -2.20. The number of ether oxygens (including phenoxy) is 1. The van der Waals surface area contributed by atoms with Crippen molar-refractivity contribution in [1.82, 2.24) is 0 Å². The van der Waals surface area contributed by atoms with Crippen LogP contribution in [0.15, 0.2) is 48.5 Å². The number of benzene rings is 2. The van der Waals surface area contributed by atoms with Gasteiger partial charge in [-0.15, -0.1) is 0 Å². The molecule has 4 nitrogen and oxygen atoms in total. The van der Waals surface area contributed by atoms with Crippen LogP contribution in [0.25, 0.3) is 0 Å². The van der Waals surface area contributed by atoms with Gasteiger partial charge < -0.3 is 0 Å². The van der Waals surface area contributed by atoms with Gasteiger partial charge >= 0.3 is 180 Å². The SMILES string of the molecule is CC[PH](CC)(CC(=O)OCc1ccccc1)C1(C(=O)Nc2c(C)cccc2C)CC1. The first kappa shape index (κ1) is 22.5. The molecule has 0 heterocycles. The molecule has 1 N–H and O–H groups in total. The van der Waals surface area contributed by atoms with Crippen molar-refractivity contribution in [2.24, 2.45) is 0 Å². The summed E-state index contributed by atoms with van der Waals surface area (Å²) in [6.07, 6.45) is 3.98. The molecule has 2 aromatic rings. The van der Waals surface area contributed by atoms with Crippen LogP contribution in [0.4, 0.5) is 5.69 Å². The van der Waals surface area contributed by atoms with Gasteiger partial charge in [-0.05, 0) is 0 Å². The number of aryl methyl sites for hydroxylation is 2. The topological polar surface area (TPSA) is 55.4 Å². The number of nitrogens with one attached hydrogen (secondary N) is 1. The second-order valence-electron chi connectivity index (χ2n) is 8.61. The van der Waals surface area contributed by atoms with Crippen molar-refractivity contribution in [2.75, 3.05) is 23.8 Å². The maximum absolute atomic E-state index is 13.5. The van der Waals surface area contributed by atoms with Crippen molar-refractivity contribution in [3.05, 3.63) is 65.2 Å². The zero-order valence-electron chi connectivity index (χ0n) is 18.6. The minimum absolute atomic E-state index is 0.103. The minimum atomic E-state index is -2.20. The van der Waals surface area contributed by atoms with E-state index < -0.39 is 7.26 Å². The number of esters is 1. The summed E-state index contributed by atoms with van der Waals surface area (Å²) >= 11 is 0. The Labute approximate surface area is 180 Å². The Balaban J connectivity index is 1.74. The van der Waals surface area contributed by atoms with E-state index in [4.69, 9.17) is 4.74 Å². The summed E-state index contributed by atoms with van der Waals surface area (Å²) in [5.41, 5.74) is 4.04. The zero-order valence-corrected chi connectivity index (χ0v) is 19.6. The summed E-state index contributed by atoms with van der Waals surface area (Å²) in [6.45, 7) is 8.62. The van der Waals surface area contributed by atoms with Gasteiger partial charge in [-0.25, -0.2) is 0 Å². The van der Waals surface area contributed by atoms with Gasteiger partial charge in [0.2, 0.25) is 0 Å². The van der Waals surface area contributed by atoms with E-state index in [0.717, 1.165) is 47.5 Å². The predicted octanol–water partition coefficient (Wildman–Crippen LogP) is 5.31. The van der Waals surface area contributed by atoms with Crippen LogP contribution in [0.1, 0.15) is 43.4 Å². The van der Waals surface area contributed by atoms with Gasteiger partial charge in [0.1, 0.15) is 0 Å². The third kappa shape index (κ3) is 4.44. The Bertz CT molecular complexity index is 882. The fourth-order valence-corrected chi connectivity index (χ4v) is 9.86. The molecule has 1 saturated carbocycles. The van der Waals surface area contributed by atoms with Crippen LogP contribution in [0.2, 0.25) is 0 Å². The first-order chi connectivity index (χ1) is 14.4. The van der Waals surface area contributed by atoms with E-state index in [-0.39, 0.29) is 17.0 Å². The molecule has 0 atom stereocenters. The number of para-hydroxylation sites is 1. The molecule has 0 aliphatic heterocycles. The first-order valence-electron chi connectivity index (χ1n) is 10.9.